The van der Waals surface area contributed by atoms with E-state index in [0.717, 1.165) is 36.2 Å². The van der Waals surface area contributed by atoms with E-state index in [-0.39, 0.29) is 36.2 Å². The standard InChI is InChI=1S/C18H20FN3O3S.ClH/c19-13-6-8-14(9-7-13)26(24,25)21-11-10-18(23)22-12-2-3-15-16(20)4-1-5-17(15)22;/h1,4-9,21H,2-3,10-12,20H2;1H. The van der Waals surface area contributed by atoms with Gasteiger partial charge in [-0.3, -0.25) is 4.79 Å². The Bertz CT molecular complexity index is 920. The van der Waals surface area contributed by atoms with Gasteiger partial charge in [0.1, 0.15) is 5.82 Å². The van der Waals surface area contributed by atoms with E-state index in [4.69, 9.17) is 5.73 Å². The van der Waals surface area contributed by atoms with E-state index in [1.165, 1.54) is 12.1 Å². The van der Waals surface area contributed by atoms with E-state index in [1.54, 1.807) is 11.0 Å². The number of hydrogen-bond donors (Lipinski definition) is 2. The number of halogens is 2. The topological polar surface area (TPSA) is 92.5 Å². The molecule has 0 aromatic heterocycles. The number of nitrogens with two attached hydrogens (primary N) is 1. The highest BCUT2D eigenvalue weighted by Gasteiger charge is 2.24. The molecule has 2 aromatic rings. The van der Waals surface area contributed by atoms with E-state index in [2.05, 4.69) is 4.72 Å². The molecule has 146 valence electrons. The molecule has 0 saturated carbocycles. The van der Waals surface area contributed by atoms with Crippen LogP contribution in [0.5, 0.6) is 0 Å². The summed E-state index contributed by atoms with van der Waals surface area (Å²) in [5.74, 6) is -0.680. The number of rotatable bonds is 5. The Balaban J connectivity index is 0.00000261. The van der Waals surface area contributed by atoms with E-state index < -0.39 is 15.8 Å². The maximum absolute atomic E-state index is 12.9. The van der Waals surface area contributed by atoms with Gasteiger partial charge in [0, 0.05) is 30.9 Å². The Kier molecular flexibility index (Phi) is 6.80. The first kappa shape index (κ1) is 21.1. The number of carbonyl (C=O) groups excluding carboxylic acids is 1. The molecular formula is C18H21ClFN3O3S. The highest BCUT2D eigenvalue weighted by molar-refractivity contribution is 7.89. The molecular weight excluding hydrogens is 393 g/mol. The summed E-state index contributed by atoms with van der Waals surface area (Å²) in [4.78, 5) is 14.2. The van der Waals surface area contributed by atoms with Crippen LogP contribution in [0.1, 0.15) is 18.4 Å². The minimum Gasteiger partial charge on any atom is -0.398 e. The van der Waals surface area contributed by atoms with Crippen molar-refractivity contribution in [1.82, 2.24) is 4.72 Å². The highest BCUT2D eigenvalue weighted by atomic mass is 35.5. The molecule has 0 saturated heterocycles. The molecule has 27 heavy (non-hydrogen) atoms. The number of amides is 1. The van der Waals surface area contributed by atoms with Crippen LogP contribution in [-0.2, 0) is 21.2 Å². The van der Waals surface area contributed by atoms with Crippen molar-refractivity contribution in [2.24, 2.45) is 0 Å². The van der Waals surface area contributed by atoms with Crippen molar-refractivity contribution in [1.29, 1.82) is 0 Å². The van der Waals surface area contributed by atoms with E-state index in [1.807, 2.05) is 12.1 Å². The molecule has 0 bridgehead atoms. The Morgan fingerprint density at radius 1 is 1.19 bits per heavy atom. The monoisotopic (exact) mass is 413 g/mol. The van der Waals surface area contributed by atoms with Crippen LogP contribution in [-0.4, -0.2) is 27.4 Å². The summed E-state index contributed by atoms with van der Waals surface area (Å²) in [6.45, 7) is 0.548. The van der Waals surface area contributed by atoms with Crippen LogP contribution in [0.2, 0.25) is 0 Å². The second-order valence-corrected chi connectivity index (χ2v) is 7.86. The highest BCUT2D eigenvalue weighted by Crippen LogP contribution is 2.31. The number of fused-ring (bicyclic) bond motifs is 1. The van der Waals surface area contributed by atoms with Crippen molar-refractivity contribution in [3.8, 4) is 0 Å². The second-order valence-electron chi connectivity index (χ2n) is 6.10. The number of nitrogen functional groups attached to an aromatic ring is 1. The Hall–Kier alpha value is -2.16. The number of hydrogen-bond acceptors (Lipinski definition) is 4. The van der Waals surface area contributed by atoms with Gasteiger partial charge >= 0.3 is 0 Å². The SMILES string of the molecule is Cl.Nc1cccc2c1CCCN2C(=O)CCNS(=O)(=O)c1ccc(F)cc1. The van der Waals surface area contributed by atoms with Crippen LogP contribution in [0.25, 0.3) is 0 Å². The third-order valence-electron chi connectivity index (χ3n) is 4.34. The quantitative estimate of drug-likeness (QED) is 0.736. The summed E-state index contributed by atoms with van der Waals surface area (Å²) in [7, 11) is -3.78. The molecule has 0 radical (unpaired) electrons. The normalized spacial score (nSPS) is 13.6. The molecule has 1 heterocycles. The van der Waals surface area contributed by atoms with Crippen LogP contribution >= 0.6 is 12.4 Å². The Morgan fingerprint density at radius 3 is 2.59 bits per heavy atom. The average molecular weight is 414 g/mol. The first-order valence-electron chi connectivity index (χ1n) is 8.31. The molecule has 6 nitrogen and oxygen atoms in total. The lowest BCUT2D eigenvalue weighted by molar-refractivity contribution is -0.118. The zero-order valence-electron chi connectivity index (χ0n) is 14.5. The van der Waals surface area contributed by atoms with E-state index in [9.17, 15) is 17.6 Å². The molecule has 1 aliphatic rings. The fourth-order valence-electron chi connectivity index (χ4n) is 3.04. The molecule has 0 unspecified atom stereocenters. The zero-order valence-corrected chi connectivity index (χ0v) is 16.2. The molecule has 0 atom stereocenters. The Labute approximate surface area is 164 Å². The van der Waals surface area contributed by atoms with Crippen molar-refractivity contribution < 1.29 is 17.6 Å². The van der Waals surface area contributed by atoms with Gasteiger partial charge in [0.2, 0.25) is 15.9 Å². The third-order valence-corrected chi connectivity index (χ3v) is 5.82. The minimum atomic E-state index is -3.78. The summed E-state index contributed by atoms with van der Waals surface area (Å²) in [5, 5.41) is 0. The summed E-state index contributed by atoms with van der Waals surface area (Å²) in [5.41, 5.74) is 8.40. The van der Waals surface area contributed by atoms with Crippen molar-refractivity contribution in [2.75, 3.05) is 23.7 Å². The van der Waals surface area contributed by atoms with Gasteiger partial charge in [-0.15, -0.1) is 12.4 Å². The number of sulfonamides is 1. The maximum atomic E-state index is 12.9. The van der Waals surface area contributed by atoms with Crippen molar-refractivity contribution in [2.45, 2.75) is 24.2 Å². The van der Waals surface area contributed by atoms with Crippen LogP contribution < -0.4 is 15.4 Å². The van der Waals surface area contributed by atoms with Crippen molar-refractivity contribution >= 4 is 39.7 Å². The van der Waals surface area contributed by atoms with E-state index >= 15 is 0 Å². The number of nitrogens with one attached hydrogen (secondary N) is 1. The van der Waals surface area contributed by atoms with Gasteiger partial charge in [-0.05, 0) is 54.8 Å². The maximum Gasteiger partial charge on any atom is 0.240 e. The van der Waals surface area contributed by atoms with Gasteiger partial charge < -0.3 is 10.6 Å². The first-order chi connectivity index (χ1) is 12.4. The van der Waals surface area contributed by atoms with Gasteiger partial charge in [-0.2, -0.15) is 0 Å². The zero-order chi connectivity index (χ0) is 18.7. The smallest absolute Gasteiger partial charge is 0.240 e. The first-order valence-corrected chi connectivity index (χ1v) is 9.80. The molecule has 3 rings (SSSR count). The fourth-order valence-corrected chi connectivity index (χ4v) is 4.07. The van der Waals surface area contributed by atoms with E-state index in [0.29, 0.717) is 12.2 Å². The van der Waals surface area contributed by atoms with Crippen molar-refractivity contribution in [3.05, 3.63) is 53.8 Å². The van der Waals surface area contributed by atoms with Gasteiger partial charge in [0.05, 0.1) is 4.90 Å². The lowest BCUT2D eigenvalue weighted by Crippen LogP contribution is -2.38. The predicted octanol–water partition coefficient (Wildman–Crippen LogP) is 2.48. The molecule has 0 spiro atoms. The lowest BCUT2D eigenvalue weighted by Gasteiger charge is -2.30. The van der Waals surface area contributed by atoms with Crippen LogP contribution in [0.4, 0.5) is 15.8 Å². The molecule has 1 amide bonds. The number of nitrogens with zero attached hydrogens (tertiary/aromatic N) is 1. The summed E-state index contributed by atoms with van der Waals surface area (Å²) in [6.07, 6.45) is 1.66. The Morgan fingerprint density at radius 2 is 1.89 bits per heavy atom. The number of benzene rings is 2. The molecule has 0 fully saturated rings. The molecule has 2 aromatic carbocycles. The van der Waals surface area contributed by atoms with Crippen LogP contribution in [0.15, 0.2) is 47.4 Å². The summed E-state index contributed by atoms with van der Waals surface area (Å²) < 4.78 is 39.6. The van der Waals surface area contributed by atoms with Crippen LogP contribution in [0.3, 0.4) is 0 Å². The average Bonchev–Trinajstić information content (AvgIpc) is 2.62. The number of anilines is 2. The fraction of sp³-hybridized carbons (Fsp3) is 0.278. The van der Waals surface area contributed by atoms with Crippen molar-refractivity contribution in [3.63, 3.8) is 0 Å². The molecule has 9 heteroatoms. The molecule has 3 N–H and O–H groups in total. The summed E-state index contributed by atoms with van der Waals surface area (Å²) in [6, 6.07) is 9.99. The second kappa shape index (κ2) is 8.69. The van der Waals surface area contributed by atoms with Gasteiger partial charge in [-0.1, -0.05) is 6.07 Å². The lowest BCUT2D eigenvalue weighted by atomic mass is 9.99. The largest absolute Gasteiger partial charge is 0.398 e. The third kappa shape index (κ3) is 4.77. The van der Waals surface area contributed by atoms with Gasteiger partial charge in [-0.25, -0.2) is 17.5 Å². The predicted molar refractivity (Wildman–Crippen MR) is 105 cm³/mol. The number of carbonyl (C=O) groups is 1. The van der Waals surface area contributed by atoms with Gasteiger partial charge in [0.15, 0.2) is 0 Å². The van der Waals surface area contributed by atoms with Crippen LogP contribution in [0, 0.1) is 5.82 Å². The molecule has 1 aliphatic heterocycles. The minimum absolute atomic E-state index is 0. The van der Waals surface area contributed by atoms with Gasteiger partial charge in [0.25, 0.3) is 0 Å². The summed E-state index contributed by atoms with van der Waals surface area (Å²) >= 11 is 0. The molecule has 0 aliphatic carbocycles.